The molecule has 0 aromatic heterocycles. The van der Waals surface area contributed by atoms with Crippen LogP contribution in [0.5, 0.6) is 0 Å². The number of amides is 3. The Labute approximate surface area is 157 Å². The van der Waals surface area contributed by atoms with Crippen LogP contribution in [0, 0.1) is 6.92 Å². The fraction of sp³-hybridized carbons (Fsp3) is 0.476. The van der Waals surface area contributed by atoms with Crippen molar-refractivity contribution in [2.45, 2.75) is 53.9 Å². The van der Waals surface area contributed by atoms with Crippen molar-refractivity contribution in [2.75, 3.05) is 13.1 Å². The quantitative estimate of drug-likeness (QED) is 0.791. The lowest BCUT2D eigenvalue weighted by molar-refractivity contribution is -0.137. The zero-order valence-corrected chi connectivity index (χ0v) is 16.7. The standard InChI is InChI=1S/C15H16N2O3.C4H10.C2H6/c1-11-2-4-12(5-3-11)10-13(18)16-8-9-17-14(19)6-7-15(17)20;1-3-4-2;1-2/h2-7H,8-10H2,1H3,(H,16,18);3-4H2,1-2H3;1-2H3. The maximum atomic E-state index is 11.7. The number of imide groups is 1. The number of rotatable bonds is 6. The highest BCUT2D eigenvalue weighted by atomic mass is 16.2. The van der Waals surface area contributed by atoms with Gasteiger partial charge in [0.05, 0.1) is 6.42 Å². The highest BCUT2D eigenvalue weighted by Gasteiger charge is 2.22. The van der Waals surface area contributed by atoms with E-state index in [9.17, 15) is 14.4 Å². The van der Waals surface area contributed by atoms with E-state index >= 15 is 0 Å². The van der Waals surface area contributed by atoms with Crippen LogP contribution in [0.4, 0.5) is 0 Å². The van der Waals surface area contributed by atoms with E-state index in [2.05, 4.69) is 19.2 Å². The molecule has 26 heavy (non-hydrogen) atoms. The highest BCUT2D eigenvalue weighted by molar-refractivity contribution is 6.12. The van der Waals surface area contributed by atoms with Crippen LogP contribution in [-0.2, 0) is 20.8 Å². The predicted octanol–water partition coefficient (Wildman–Crippen LogP) is 3.41. The zero-order valence-electron chi connectivity index (χ0n) is 16.7. The fourth-order valence-electron chi connectivity index (χ4n) is 1.91. The number of nitrogens with zero attached hydrogens (tertiary/aromatic N) is 1. The van der Waals surface area contributed by atoms with Crippen molar-refractivity contribution in [2.24, 2.45) is 0 Å². The lowest BCUT2D eigenvalue weighted by Crippen LogP contribution is -2.38. The lowest BCUT2D eigenvalue weighted by atomic mass is 10.1. The van der Waals surface area contributed by atoms with E-state index in [-0.39, 0.29) is 30.8 Å². The van der Waals surface area contributed by atoms with Gasteiger partial charge in [0.2, 0.25) is 5.91 Å². The molecule has 0 atom stereocenters. The number of aryl methyl sites for hydroxylation is 1. The predicted molar refractivity (Wildman–Crippen MR) is 106 cm³/mol. The molecule has 5 heteroatoms. The third-order valence-electron chi connectivity index (χ3n) is 3.54. The zero-order chi connectivity index (χ0) is 19.9. The van der Waals surface area contributed by atoms with E-state index in [1.807, 2.05) is 45.0 Å². The van der Waals surface area contributed by atoms with Gasteiger partial charge in [0, 0.05) is 25.2 Å². The Morgan fingerprint density at radius 2 is 1.46 bits per heavy atom. The molecule has 3 amide bonds. The molecule has 0 saturated heterocycles. The molecule has 144 valence electrons. The van der Waals surface area contributed by atoms with E-state index in [1.165, 1.54) is 25.0 Å². The number of carbonyl (C=O) groups excluding carboxylic acids is 3. The third kappa shape index (κ3) is 9.16. The lowest BCUT2D eigenvalue weighted by Gasteiger charge is -2.14. The summed E-state index contributed by atoms with van der Waals surface area (Å²) in [6, 6.07) is 7.73. The Bertz CT molecular complexity index is 572. The first kappa shape index (κ1) is 23.6. The van der Waals surface area contributed by atoms with Crippen LogP contribution >= 0.6 is 0 Å². The monoisotopic (exact) mass is 360 g/mol. The number of hydrogen-bond acceptors (Lipinski definition) is 3. The minimum atomic E-state index is -0.331. The van der Waals surface area contributed by atoms with Crippen molar-refractivity contribution in [1.82, 2.24) is 10.2 Å². The third-order valence-corrected chi connectivity index (χ3v) is 3.54. The molecule has 1 aromatic carbocycles. The van der Waals surface area contributed by atoms with E-state index in [1.54, 1.807) is 0 Å². The normalized spacial score (nSPS) is 12.1. The number of hydrogen-bond donors (Lipinski definition) is 1. The van der Waals surface area contributed by atoms with Gasteiger partial charge in [-0.25, -0.2) is 0 Å². The van der Waals surface area contributed by atoms with Gasteiger partial charge in [0.1, 0.15) is 0 Å². The van der Waals surface area contributed by atoms with Crippen molar-refractivity contribution >= 4 is 17.7 Å². The molecular formula is C21H32N2O3. The van der Waals surface area contributed by atoms with Gasteiger partial charge in [-0.3, -0.25) is 19.3 Å². The van der Waals surface area contributed by atoms with E-state index in [0.717, 1.165) is 16.0 Å². The second-order valence-electron chi connectivity index (χ2n) is 5.67. The van der Waals surface area contributed by atoms with Gasteiger partial charge in [-0.15, -0.1) is 0 Å². The summed E-state index contributed by atoms with van der Waals surface area (Å²) in [5.41, 5.74) is 2.08. The molecule has 0 aliphatic carbocycles. The van der Waals surface area contributed by atoms with Crippen molar-refractivity contribution in [1.29, 1.82) is 0 Å². The van der Waals surface area contributed by atoms with Crippen LogP contribution < -0.4 is 5.32 Å². The van der Waals surface area contributed by atoms with Crippen LogP contribution in [0.3, 0.4) is 0 Å². The molecular weight excluding hydrogens is 328 g/mol. The molecule has 1 aliphatic heterocycles. The van der Waals surface area contributed by atoms with Crippen molar-refractivity contribution < 1.29 is 14.4 Å². The van der Waals surface area contributed by atoms with Crippen molar-refractivity contribution in [3.8, 4) is 0 Å². The average Bonchev–Trinajstić information content (AvgIpc) is 2.97. The second-order valence-corrected chi connectivity index (χ2v) is 5.67. The fourth-order valence-corrected chi connectivity index (χ4v) is 1.91. The van der Waals surface area contributed by atoms with Gasteiger partial charge < -0.3 is 5.32 Å². The Hall–Kier alpha value is -2.43. The van der Waals surface area contributed by atoms with Gasteiger partial charge in [0.25, 0.3) is 11.8 Å². The van der Waals surface area contributed by atoms with Crippen LogP contribution in [0.25, 0.3) is 0 Å². The molecule has 2 rings (SSSR count). The first-order chi connectivity index (χ1) is 12.5. The second kappa shape index (κ2) is 13.8. The average molecular weight is 360 g/mol. The smallest absolute Gasteiger partial charge is 0.253 e. The number of benzene rings is 1. The van der Waals surface area contributed by atoms with Gasteiger partial charge in [-0.2, -0.15) is 0 Å². The van der Waals surface area contributed by atoms with Gasteiger partial charge in [-0.1, -0.05) is 70.4 Å². The van der Waals surface area contributed by atoms with Crippen LogP contribution in [0.2, 0.25) is 0 Å². The molecule has 5 nitrogen and oxygen atoms in total. The molecule has 0 spiro atoms. The molecule has 1 aromatic rings. The number of carbonyl (C=O) groups is 3. The summed E-state index contributed by atoms with van der Waals surface area (Å²) >= 11 is 0. The Morgan fingerprint density at radius 1 is 0.962 bits per heavy atom. The van der Waals surface area contributed by atoms with Gasteiger partial charge in [-0.05, 0) is 12.5 Å². The molecule has 0 radical (unpaired) electrons. The summed E-state index contributed by atoms with van der Waals surface area (Å²) in [5.74, 6) is -0.786. The Balaban J connectivity index is 0.000000920. The minimum absolute atomic E-state index is 0.124. The topological polar surface area (TPSA) is 66.5 Å². The van der Waals surface area contributed by atoms with E-state index in [4.69, 9.17) is 0 Å². The summed E-state index contributed by atoms with van der Waals surface area (Å²) in [7, 11) is 0. The van der Waals surface area contributed by atoms with Crippen LogP contribution in [0.15, 0.2) is 36.4 Å². The van der Waals surface area contributed by atoms with Crippen molar-refractivity contribution in [3.05, 3.63) is 47.5 Å². The van der Waals surface area contributed by atoms with E-state index in [0.29, 0.717) is 6.42 Å². The first-order valence-corrected chi connectivity index (χ1v) is 9.33. The van der Waals surface area contributed by atoms with Crippen LogP contribution in [0.1, 0.15) is 51.7 Å². The van der Waals surface area contributed by atoms with E-state index < -0.39 is 0 Å². The SMILES string of the molecule is CC.CCCC.Cc1ccc(CC(=O)NCCN2C(=O)C=CC2=O)cc1. The summed E-state index contributed by atoms with van der Waals surface area (Å²) in [4.78, 5) is 35.4. The molecule has 0 bridgehead atoms. The molecule has 0 saturated carbocycles. The molecule has 0 unspecified atom stereocenters. The Morgan fingerprint density at radius 3 is 1.92 bits per heavy atom. The summed E-state index contributed by atoms with van der Waals surface area (Å²) < 4.78 is 0. The molecule has 0 fully saturated rings. The summed E-state index contributed by atoms with van der Waals surface area (Å²) in [6.45, 7) is 10.8. The molecule has 1 heterocycles. The maximum absolute atomic E-state index is 11.7. The largest absolute Gasteiger partial charge is 0.354 e. The minimum Gasteiger partial charge on any atom is -0.354 e. The number of unbranched alkanes of at least 4 members (excludes halogenated alkanes) is 1. The Kier molecular flexibility index (Phi) is 12.5. The summed E-state index contributed by atoms with van der Waals surface area (Å²) in [5, 5.41) is 2.70. The molecule has 1 aliphatic rings. The van der Waals surface area contributed by atoms with Crippen LogP contribution in [-0.4, -0.2) is 35.7 Å². The number of nitrogens with one attached hydrogen (secondary N) is 1. The first-order valence-electron chi connectivity index (χ1n) is 9.33. The van der Waals surface area contributed by atoms with Gasteiger partial charge >= 0.3 is 0 Å². The van der Waals surface area contributed by atoms with Crippen molar-refractivity contribution in [3.63, 3.8) is 0 Å². The summed E-state index contributed by atoms with van der Waals surface area (Å²) in [6.07, 6.45) is 5.40. The maximum Gasteiger partial charge on any atom is 0.253 e. The molecule has 1 N–H and O–H groups in total. The van der Waals surface area contributed by atoms with Gasteiger partial charge in [0.15, 0.2) is 0 Å². The highest BCUT2D eigenvalue weighted by Crippen LogP contribution is 2.04.